The predicted molar refractivity (Wildman–Crippen MR) is 157 cm³/mol. The Balaban J connectivity index is 1.20. The zero-order valence-corrected chi connectivity index (χ0v) is 24.2. The SMILES string of the molecule is C=CC(=O)N1CC(N2CC[C@@H](n3c(C)c(C(=O)N4CCN(c5ccc(C#N)cn5)CC4)c4cc(Br)ccc43)C2)C1. The number of hydrogen-bond acceptors (Lipinski definition) is 6. The predicted octanol–water partition coefficient (Wildman–Crippen LogP) is 3.58. The van der Waals surface area contributed by atoms with Crippen LogP contribution in [0.25, 0.3) is 10.9 Å². The van der Waals surface area contributed by atoms with Gasteiger partial charge in [0, 0.05) is 91.7 Å². The number of piperazine rings is 1. The zero-order chi connectivity index (χ0) is 28.0. The van der Waals surface area contributed by atoms with E-state index in [2.05, 4.69) is 67.0 Å². The number of nitriles is 1. The van der Waals surface area contributed by atoms with E-state index in [1.165, 1.54) is 6.08 Å². The minimum absolute atomic E-state index is 0.00183. The van der Waals surface area contributed by atoms with Gasteiger partial charge in [0.15, 0.2) is 0 Å². The molecule has 3 aliphatic rings. The second-order valence-corrected chi connectivity index (χ2v) is 11.7. The van der Waals surface area contributed by atoms with Crippen molar-refractivity contribution in [2.75, 3.05) is 57.3 Å². The Morgan fingerprint density at radius 1 is 1.05 bits per heavy atom. The smallest absolute Gasteiger partial charge is 0.256 e. The zero-order valence-electron chi connectivity index (χ0n) is 22.6. The van der Waals surface area contributed by atoms with Crippen LogP contribution >= 0.6 is 15.9 Å². The van der Waals surface area contributed by atoms with Crippen LogP contribution in [0.1, 0.15) is 34.1 Å². The lowest BCUT2D eigenvalue weighted by molar-refractivity contribution is -0.132. The fourth-order valence-corrected chi connectivity index (χ4v) is 6.76. The van der Waals surface area contributed by atoms with E-state index in [0.717, 1.165) is 65.1 Å². The summed E-state index contributed by atoms with van der Waals surface area (Å²) < 4.78 is 3.33. The molecule has 0 radical (unpaired) electrons. The minimum Gasteiger partial charge on any atom is -0.353 e. The van der Waals surface area contributed by atoms with Gasteiger partial charge in [-0.1, -0.05) is 22.5 Å². The average molecular weight is 603 g/mol. The van der Waals surface area contributed by atoms with Gasteiger partial charge in [0.05, 0.1) is 11.1 Å². The molecule has 6 rings (SSSR count). The van der Waals surface area contributed by atoms with Crippen molar-refractivity contribution in [1.82, 2.24) is 24.3 Å². The van der Waals surface area contributed by atoms with Crippen LogP contribution in [0.4, 0.5) is 5.82 Å². The number of anilines is 1. The number of benzene rings is 1. The third-order valence-electron chi connectivity index (χ3n) is 8.62. The molecule has 3 aliphatic heterocycles. The van der Waals surface area contributed by atoms with Crippen molar-refractivity contribution >= 4 is 44.5 Å². The van der Waals surface area contributed by atoms with Gasteiger partial charge >= 0.3 is 0 Å². The summed E-state index contributed by atoms with van der Waals surface area (Å²) in [6.45, 7) is 11.7. The maximum Gasteiger partial charge on any atom is 0.256 e. The molecule has 5 heterocycles. The molecule has 2 amide bonds. The van der Waals surface area contributed by atoms with Crippen molar-refractivity contribution in [2.24, 2.45) is 0 Å². The summed E-state index contributed by atoms with van der Waals surface area (Å²) in [6, 6.07) is 12.6. The number of aromatic nitrogens is 2. The van der Waals surface area contributed by atoms with Crippen molar-refractivity contribution in [3.63, 3.8) is 0 Å². The molecule has 0 unspecified atom stereocenters. The second kappa shape index (κ2) is 10.7. The highest BCUT2D eigenvalue weighted by molar-refractivity contribution is 9.10. The van der Waals surface area contributed by atoms with Crippen LogP contribution in [0.2, 0.25) is 0 Å². The molecule has 3 saturated heterocycles. The largest absolute Gasteiger partial charge is 0.353 e. The Hall–Kier alpha value is -3.68. The number of carbonyl (C=O) groups is 2. The lowest BCUT2D eigenvalue weighted by atomic mass is 10.1. The molecule has 10 heteroatoms. The topological polar surface area (TPSA) is 88.7 Å². The quantitative estimate of drug-likeness (QED) is 0.415. The van der Waals surface area contributed by atoms with Gasteiger partial charge in [-0.05, 0) is 49.8 Å². The van der Waals surface area contributed by atoms with Crippen molar-refractivity contribution in [3.05, 3.63) is 70.5 Å². The first kappa shape index (κ1) is 26.5. The number of carbonyl (C=O) groups excluding carboxylic acids is 2. The summed E-state index contributed by atoms with van der Waals surface area (Å²) in [5.41, 5.74) is 3.43. The van der Waals surface area contributed by atoms with E-state index in [-0.39, 0.29) is 17.9 Å². The molecule has 0 aliphatic carbocycles. The second-order valence-electron chi connectivity index (χ2n) is 10.8. The molecule has 1 atom stereocenters. The molecule has 1 aromatic carbocycles. The van der Waals surface area contributed by atoms with Crippen LogP contribution in [0, 0.1) is 18.3 Å². The highest BCUT2D eigenvalue weighted by Crippen LogP contribution is 2.36. The van der Waals surface area contributed by atoms with E-state index in [1.54, 1.807) is 12.3 Å². The van der Waals surface area contributed by atoms with E-state index in [0.29, 0.717) is 37.8 Å². The van der Waals surface area contributed by atoms with Crippen LogP contribution in [0.15, 0.2) is 53.7 Å². The van der Waals surface area contributed by atoms with Crippen LogP contribution in [0.5, 0.6) is 0 Å². The van der Waals surface area contributed by atoms with E-state index >= 15 is 0 Å². The first-order chi connectivity index (χ1) is 19.4. The highest BCUT2D eigenvalue weighted by Gasteiger charge is 2.39. The number of halogens is 1. The van der Waals surface area contributed by atoms with Gasteiger partial charge in [0.1, 0.15) is 11.9 Å². The highest BCUT2D eigenvalue weighted by atomic mass is 79.9. The van der Waals surface area contributed by atoms with Crippen LogP contribution in [-0.4, -0.2) is 94.5 Å². The fourth-order valence-electron chi connectivity index (χ4n) is 6.40. The van der Waals surface area contributed by atoms with Crippen molar-refractivity contribution in [1.29, 1.82) is 5.26 Å². The molecular formula is C30H32BrN7O2. The molecular weight excluding hydrogens is 570 g/mol. The van der Waals surface area contributed by atoms with Crippen LogP contribution in [0.3, 0.4) is 0 Å². The molecule has 0 saturated carbocycles. The van der Waals surface area contributed by atoms with Gasteiger partial charge in [0.25, 0.3) is 5.91 Å². The molecule has 0 spiro atoms. The maximum atomic E-state index is 14.0. The molecule has 2 aromatic heterocycles. The Kier molecular flexibility index (Phi) is 7.11. The minimum atomic E-state index is 0.00183. The van der Waals surface area contributed by atoms with Crippen molar-refractivity contribution < 1.29 is 9.59 Å². The van der Waals surface area contributed by atoms with E-state index < -0.39 is 0 Å². The number of pyridine rings is 1. The average Bonchev–Trinajstić information content (AvgIpc) is 3.53. The number of hydrogen-bond donors (Lipinski definition) is 0. The van der Waals surface area contributed by atoms with Gasteiger partial charge in [-0.3, -0.25) is 14.5 Å². The van der Waals surface area contributed by atoms with Crippen molar-refractivity contribution in [2.45, 2.75) is 25.4 Å². The molecule has 206 valence electrons. The molecule has 0 bridgehead atoms. The van der Waals surface area contributed by atoms with Crippen molar-refractivity contribution in [3.8, 4) is 6.07 Å². The summed E-state index contributed by atoms with van der Waals surface area (Å²) >= 11 is 3.63. The van der Waals surface area contributed by atoms with Gasteiger partial charge in [-0.2, -0.15) is 5.26 Å². The molecule has 3 fully saturated rings. The number of likely N-dealkylation sites (tertiary alicyclic amines) is 2. The monoisotopic (exact) mass is 601 g/mol. The van der Waals surface area contributed by atoms with Gasteiger partial charge in [-0.25, -0.2) is 4.98 Å². The lowest BCUT2D eigenvalue weighted by Gasteiger charge is -2.43. The van der Waals surface area contributed by atoms with Crippen LogP contribution in [-0.2, 0) is 4.79 Å². The third kappa shape index (κ3) is 4.67. The number of rotatable bonds is 5. The van der Waals surface area contributed by atoms with Gasteiger partial charge in [0.2, 0.25) is 5.91 Å². The summed E-state index contributed by atoms with van der Waals surface area (Å²) in [4.78, 5) is 38.8. The van der Waals surface area contributed by atoms with Gasteiger partial charge in [-0.15, -0.1) is 0 Å². The Morgan fingerprint density at radius 3 is 2.50 bits per heavy atom. The van der Waals surface area contributed by atoms with E-state index in [9.17, 15) is 9.59 Å². The summed E-state index contributed by atoms with van der Waals surface area (Å²) in [7, 11) is 0. The summed E-state index contributed by atoms with van der Waals surface area (Å²) in [6.07, 6.45) is 3.99. The maximum absolute atomic E-state index is 14.0. The molecule has 9 nitrogen and oxygen atoms in total. The third-order valence-corrected chi connectivity index (χ3v) is 9.11. The van der Waals surface area contributed by atoms with E-state index in [4.69, 9.17) is 5.26 Å². The standard InChI is InChI=1S/C30H32BrN7O2/c1-3-28(39)37-18-24(19-37)36-9-8-23(17-36)38-20(2)29(25-14-22(31)5-6-26(25)38)30(40)35-12-10-34(11-13-35)27-7-4-21(15-32)16-33-27/h3-7,14,16,23-24H,1,8-13,17-19H2,2H3/t23-/m1/s1. The molecule has 3 aromatic rings. The number of nitrogens with zero attached hydrogens (tertiary/aromatic N) is 7. The first-order valence-electron chi connectivity index (χ1n) is 13.7. The molecule has 0 N–H and O–H groups in total. The Bertz CT molecular complexity index is 1510. The number of amides is 2. The summed E-state index contributed by atoms with van der Waals surface area (Å²) in [5, 5.41) is 10.0. The van der Waals surface area contributed by atoms with E-state index in [1.807, 2.05) is 21.9 Å². The van der Waals surface area contributed by atoms with Gasteiger partial charge < -0.3 is 19.3 Å². The lowest BCUT2D eigenvalue weighted by Crippen LogP contribution is -2.60. The first-order valence-corrected chi connectivity index (χ1v) is 14.5. The fraction of sp³-hybridized carbons (Fsp3) is 0.400. The Morgan fingerprint density at radius 2 is 1.82 bits per heavy atom. The molecule has 40 heavy (non-hydrogen) atoms. The number of fused-ring (bicyclic) bond motifs is 1. The summed E-state index contributed by atoms with van der Waals surface area (Å²) in [5.74, 6) is 0.901. The Labute approximate surface area is 242 Å². The normalized spacial score (nSPS) is 20.0. The van der Waals surface area contributed by atoms with Crippen LogP contribution < -0.4 is 4.90 Å².